The average molecular weight is 258 g/mol. The van der Waals surface area contributed by atoms with E-state index >= 15 is 0 Å². The highest BCUT2D eigenvalue weighted by atomic mass is 79.9. The maximum Gasteiger partial charge on any atom is 0.246 e. The van der Waals surface area contributed by atoms with Crippen LogP contribution in [0, 0.1) is 0 Å². The smallest absolute Gasteiger partial charge is 0.246 e. The second kappa shape index (κ2) is 5.12. The molecule has 0 radical (unpaired) electrons. The van der Waals surface area contributed by atoms with Gasteiger partial charge in [-0.3, -0.25) is 4.79 Å². The summed E-state index contributed by atoms with van der Waals surface area (Å²) >= 11 is 3.39. The van der Waals surface area contributed by atoms with Crippen molar-refractivity contribution in [2.45, 2.75) is 19.6 Å². The molecule has 1 rings (SSSR count). The fourth-order valence-corrected chi connectivity index (χ4v) is 1.31. The van der Waals surface area contributed by atoms with Gasteiger partial charge in [-0.15, -0.1) is 0 Å². The minimum atomic E-state index is -0.554. The van der Waals surface area contributed by atoms with Gasteiger partial charge in [0, 0.05) is 4.47 Å². The fraction of sp³-hybridized carbons (Fsp3) is 0.300. The van der Waals surface area contributed by atoms with Crippen LogP contribution in [0.2, 0.25) is 0 Å². The molecule has 0 aliphatic carbocycles. The number of benzene rings is 1. The number of primary amides is 1. The maximum atomic E-state index is 10.7. The molecule has 14 heavy (non-hydrogen) atoms. The summed E-state index contributed by atoms with van der Waals surface area (Å²) in [7, 11) is 0. The summed E-state index contributed by atoms with van der Waals surface area (Å²) in [6.07, 6.45) is -0.554. The molecule has 0 fully saturated rings. The molecule has 0 aliphatic rings. The standard InChI is InChI=1S/C10H12BrNO2/c1-7(10(12)13)14-6-8-4-2-3-5-9(8)11/h2-5,7H,6H2,1H3,(H2,12,13). The van der Waals surface area contributed by atoms with Gasteiger partial charge in [-0.1, -0.05) is 34.1 Å². The first-order valence-electron chi connectivity index (χ1n) is 4.25. The number of carbonyl (C=O) groups is 1. The first kappa shape index (κ1) is 11.2. The topological polar surface area (TPSA) is 52.3 Å². The van der Waals surface area contributed by atoms with Crippen LogP contribution in [0.5, 0.6) is 0 Å². The molecule has 0 saturated carbocycles. The lowest BCUT2D eigenvalue weighted by Crippen LogP contribution is -2.28. The Kier molecular flexibility index (Phi) is 4.10. The minimum Gasteiger partial charge on any atom is -0.367 e. The number of ether oxygens (including phenoxy) is 1. The Bertz CT molecular complexity index is 328. The highest BCUT2D eigenvalue weighted by Crippen LogP contribution is 2.16. The van der Waals surface area contributed by atoms with Gasteiger partial charge in [0.1, 0.15) is 6.10 Å². The van der Waals surface area contributed by atoms with E-state index in [-0.39, 0.29) is 0 Å². The van der Waals surface area contributed by atoms with Gasteiger partial charge in [0.05, 0.1) is 6.61 Å². The van der Waals surface area contributed by atoms with Gasteiger partial charge >= 0.3 is 0 Å². The first-order valence-corrected chi connectivity index (χ1v) is 5.05. The minimum absolute atomic E-state index is 0.380. The van der Waals surface area contributed by atoms with Crippen molar-refractivity contribution < 1.29 is 9.53 Å². The van der Waals surface area contributed by atoms with Crippen LogP contribution in [-0.2, 0) is 16.1 Å². The van der Waals surface area contributed by atoms with Crippen molar-refractivity contribution in [3.63, 3.8) is 0 Å². The van der Waals surface area contributed by atoms with E-state index in [0.717, 1.165) is 10.0 Å². The molecule has 1 amide bonds. The predicted molar refractivity (Wildman–Crippen MR) is 57.6 cm³/mol. The largest absolute Gasteiger partial charge is 0.367 e. The van der Waals surface area contributed by atoms with Crippen molar-refractivity contribution >= 4 is 21.8 Å². The number of nitrogens with two attached hydrogens (primary N) is 1. The van der Waals surface area contributed by atoms with Gasteiger partial charge in [-0.05, 0) is 18.6 Å². The van der Waals surface area contributed by atoms with Gasteiger partial charge in [0.25, 0.3) is 0 Å². The van der Waals surface area contributed by atoms with E-state index in [1.54, 1.807) is 6.92 Å². The summed E-state index contributed by atoms with van der Waals surface area (Å²) in [5.41, 5.74) is 6.06. The van der Waals surface area contributed by atoms with Gasteiger partial charge < -0.3 is 10.5 Å². The molecule has 4 heteroatoms. The Balaban J connectivity index is 2.54. The fourth-order valence-electron chi connectivity index (χ4n) is 0.912. The van der Waals surface area contributed by atoms with Crippen LogP contribution in [0.3, 0.4) is 0 Å². The maximum absolute atomic E-state index is 10.7. The molecule has 0 aromatic heterocycles. The molecule has 3 nitrogen and oxygen atoms in total. The zero-order valence-corrected chi connectivity index (χ0v) is 9.45. The highest BCUT2D eigenvalue weighted by molar-refractivity contribution is 9.10. The van der Waals surface area contributed by atoms with Crippen LogP contribution in [0.15, 0.2) is 28.7 Å². The second-order valence-corrected chi connectivity index (χ2v) is 3.80. The Labute approximate surface area is 91.4 Å². The molecule has 0 heterocycles. The van der Waals surface area contributed by atoms with E-state index < -0.39 is 12.0 Å². The average Bonchev–Trinajstić information content (AvgIpc) is 2.16. The number of carbonyl (C=O) groups excluding carboxylic acids is 1. The zero-order valence-electron chi connectivity index (χ0n) is 7.87. The molecule has 0 saturated heterocycles. The predicted octanol–water partition coefficient (Wildman–Crippen LogP) is 1.84. The molecule has 76 valence electrons. The summed E-state index contributed by atoms with van der Waals surface area (Å²) < 4.78 is 6.23. The molecule has 0 bridgehead atoms. The lowest BCUT2D eigenvalue weighted by molar-refractivity contribution is -0.129. The Hall–Kier alpha value is -0.870. The summed E-state index contributed by atoms with van der Waals surface area (Å²) in [6.45, 7) is 2.02. The monoisotopic (exact) mass is 257 g/mol. The molecule has 1 aromatic carbocycles. The van der Waals surface area contributed by atoms with E-state index in [9.17, 15) is 4.79 Å². The third-order valence-corrected chi connectivity index (χ3v) is 2.62. The van der Waals surface area contributed by atoms with E-state index in [1.165, 1.54) is 0 Å². The summed E-state index contributed by atoms with van der Waals surface area (Å²) in [4.78, 5) is 10.7. The number of hydrogen-bond acceptors (Lipinski definition) is 2. The van der Waals surface area contributed by atoms with E-state index in [4.69, 9.17) is 10.5 Å². The zero-order chi connectivity index (χ0) is 10.6. The van der Waals surface area contributed by atoms with Crippen LogP contribution in [0.1, 0.15) is 12.5 Å². The molecule has 1 aromatic rings. The van der Waals surface area contributed by atoms with Crippen LogP contribution in [0.25, 0.3) is 0 Å². The molecule has 0 spiro atoms. The number of hydrogen-bond donors (Lipinski definition) is 1. The SMILES string of the molecule is CC(OCc1ccccc1Br)C(N)=O. The highest BCUT2D eigenvalue weighted by Gasteiger charge is 2.09. The van der Waals surface area contributed by atoms with Crippen molar-refractivity contribution in [2.24, 2.45) is 5.73 Å². The molecule has 0 aliphatic heterocycles. The summed E-state index contributed by atoms with van der Waals surface area (Å²) in [5, 5.41) is 0. The third kappa shape index (κ3) is 3.12. The normalized spacial score (nSPS) is 12.4. The lowest BCUT2D eigenvalue weighted by atomic mass is 10.2. The van der Waals surface area contributed by atoms with Crippen molar-refractivity contribution in [1.29, 1.82) is 0 Å². The van der Waals surface area contributed by atoms with E-state index in [1.807, 2.05) is 24.3 Å². The molecule has 1 atom stereocenters. The first-order chi connectivity index (χ1) is 6.61. The van der Waals surface area contributed by atoms with Gasteiger partial charge in [-0.25, -0.2) is 0 Å². The van der Waals surface area contributed by atoms with Crippen molar-refractivity contribution in [3.8, 4) is 0 Å². The van der Waals surface area contributed by atoms with Crippen molar-refractivity contribution in [1.82, 2.24) is 0 Å². The van der Waals surface area contributed by atoms with Gasteiger partial charge in [0.15, 0.2) is 0 Å². The van der Waals surface area contributed by atoms with E-state index in [0.29, 0.717) is 6.61 Å². The Morgan fingerprint density at radius 2 is 2.21 bits per heavy atom. The Morgan fingerprint density at radius 3 is 2.79 bits per heavy atom. The summed E-state index contributed by atoms with van der Waals surface area (Å²) in [6, 6.07) is 7.69. The van der Waals surface area contributed by atoms with Crippen molar-refractivity contribution in [2.75, 3.05) is 0 Å². The van der Waals surface area contributed by atoms with Crippen LogP contribution >= 0.6 is 15.9 Å². The van der Waals surface area contributed by atoms with Crippen molar-refractivity contribution in [3.05, 3.63) is 34.3 Å². The number of halogens is 1. The molecule has 2 N–H and O–H groups in total. The lowest BCUT2D eigenvalue weighted by Gasteiger charge is -2.10. The number of amides is 1. The van der Waals surface area contributed by atoms with Crippen LogP contribution in [0.4, 0.5) is 0 Å². The van der Waals surface area contributed by atoms with Crippen LogP contribution < -0.4 is 5.73 Å². The van der Waals surface area contributed by atoms with Crippen LogP contribution in [-0.4, -0.2) is 12.0 Å². The Morgan fingerprint density at radius 1 is 1.57 bits per heavy atom. The van der Waals surface area contributed by atoms with Gasteiger partial charge in [-0.2, -0.15) is 0 Å². The molecule has 1 unspecified atom stereocenters. The molecular weight excluding hydrogens is 246 g/mol. The molecular formula is C10H12BrNO2. The van der Waals surface area contributed by atoms with Gasteiger partial charge in [0.2, 0.25) is 5.91 Å². The van der Waals surface area contributed by atoms with E-state index in [2.05, 4.69) is 15.9 Å². The second-order valence-electron chi connectivity index (χ2n) is 2.95. The summed E-state index contributed by atoms with van der Waals surface area (Å²) in [5.74, 6) is -0.447. The quantitative estimate of drug-likeness (QED) is 0.895. The third-order valence-electron chi connectivity index (χ3n) is 1.85. The number of rotatable bonds is 4.